The summed E-state index contributed by atoms with van der Waals surface area (Å²) in [6.07, 6.45) is 0. The molecule has 0 amide bonds. The molecule has 0 saturated heterocycles. The zero-order valence-corrected chi connectivity index (χ0v) is 28.5. The van der Waals surface area contributed by atoms with Crippen LogP contribution in [0.3, 0.4) is 0 Å². The minimum absolute atomic E-state index is 0.616. The van der Waals surface area contributed by atoms with E-state index >= 15 is 0 Å². The zero-order valence-electron chi connectivity index (χ0n) is 28.5. The highest BCUT2D eigenvalue weighted by Crippen LogP contribution is 2.52. The van der Waals surface area contributed by atoms with Crippen LogP contribution in [0.4, 0.5) is 0 Å². The summed E-state index contributed by atoms with van der Waals surface area (Å²) in [6.45, 7) is 0. The summed E-state index contributed by atoms with van der Waals surface area (Å²) >= 11 is 0. The normalized spacial score (nSPS) is 11.8. The molecule has 2 aromatic heterocycles. The minimum Gasteiger partial charge on any atom is -0.456 e. The monoisotopic (exact) mass is 675 g/mol. The molecule has 1 aliphatic rings. The van der Waals surface area contributed by atoms with E-state index in [-0.39, 0.29) is 0 Å². The maximum absolute atomic E-state index is 6.41. The first-order valence-corrected chi connectivity index (χ1v) is 17.9. The Hall–Kier alpha value is -7.17. The van der Waals surface area contributed by atoms with Crippen LogP contribution < -0.4 is 0 Å². The minimum atomic E-state index is 0.616. The number of nitrogens with zero attached hydrogens (tertiary/aromatic N) is 3. The SMILES string of the molecule is c1ccc(-c2nc(-c3ccccc3)nc(-c3ccc4oc5ccc(-c6cc(-c7ccccc7)c7c(c6)-c6cccc8cccc-7c68)cc5c4c3)n2)cc1. The Morgan fingerprint density at radius 2 is 0.830 bits per heavy atom. The van der Waals surface area contributed by atoms with Crippen LogP contribution in [0.1, 0.15) is 0 Å². The van der Waals surface area contributed by atoms with Gasteiger partial charge in [-0.25, -0.2) is 15.0 Å². The van der Waals surface area contributed by atoms with E-state index in [9.17, 15) is 0 Å². The Morgan fingerprint density at radius 1 is 0.321 bits per heavy atom. The Bertz CT molecular complexity index is 2980. The van der Waals surface area contributed by atoms with E-state index in [1.165, 1.54) is 44.2 Å². The maximum Gasteiger partial charge on any atom is 0.164 e. The van der Waals surface area contributed by atoms with Crippen LogP contribution in [0.15, 0.2) is 180 Å². The summed E-state index contributed by atoms with van der Waals surface area (Å²) in [4.78, 5) is 14.9. The average Bonchev–Trinajstić information content (AvgIpc) is 3.77. The second kappa shape index (κ2) is 11.7. The molecular weight excluding hydrogens is 647 g/mol. The summed E-state index contributed by atoms with van der Waals surface area (Å²) in [5.41, 5.74) is 14.3. The van der Waals surface area contributed by atoms with Crippen molar-refractivity contribution in [3.05, 3.63) is 176 Å². The van der Waals surface area contributed by atoms with Gasteiger partial charge in [-0.1, -0.05) is 133 Å². The summed E-state index contributed by atoms with van der Waals surface area (Å²) in [6, 6.07) is 61.7. The number of rotatable bonds is 5. The first kappa shape index (κ1) is 29.5. The fourth-order valence-corrected chi connectivity index (χ4v) is 7.96. The van der Waals surface area contributed by atoms with Crippen molar-refractivity contribution in [2.24, 2.45) is 0 Å². The van der Waals surface area contributed by atoms with Crippen molar-refractivity contribution in [2.45, 2.75) is 0 Å². The molecule has 0 fully saturated rings. The average molecular weight is 676 g/mol. The summed E-state index contributed by atoms with van der Waals surface area (Å²) in [5.74, 6) is 1.89. The quantitative estimate of drug-likeness (QED) is 0.182. The van der Waals surface area contributed by atoms with Gasteiger partial charge in [-0.15, -0.1) is 0 Å². The fraction of sp³-hybridized carbons (Fsp3) is 0. The lowest BCUT2D eigenvalue weighted by Gasteiger charge is -2.14. The number of benzene rings is 8. The number of hydrogen-bond acceptors (Lipinski definition) is 4. The molecule has 0 atom stereocenters. The molecule has 11 rings (SSSR count). The lowest BCUT2D eigenvalue weighted by Crippen LogP contribution is -2.00. The third-order valence-corrected chi connectivity index (χ3v) is 10.4. The predicted molar refractivity (Wildman–Crippen MR) is 216 cm³/mol. The van der Waals surface area contributed by atoms with Gasteiger partial charge in [-0.05, 0) is 97.7 Å². The van der Waals surface area contributed by atoms with Crippen LogP contribution in [0.5, 0.6) is 0 Å². The van der Waals surface area contributed by atoms with Crippen molar-refractivity contribution in [2.75, 3.05) is 0 Å². The van der Waals surface area contributed by atoms with Crippen molar-refractivity contribution in [1.82, 2.24) is 15.0 Å². The van der Waals surface area contributed by atoms with Crippen molar-refractivity contribution < 1.29 is 4.42 Å². The number of hydrogen-bond donors (Lipinski definition) is 0. The van der Waals surface area contributed by atoms with Gasteiger partial charge in [0.15, 0.2) is 17.5 Å². The first-order valence-electron chi connectivity index (χ1n) is 17.9. The van der Waals surface area contributed by atoms with Gasteiger partial charge in [-0.2, -0.15) is 0 Å². The fourth-order valence-electron chi connectivity index (χ4n) is 7.96. The van der Waals surface area contributed by atoms with E-state index in [4.69, 9.17) is 19.4 Å². The first-order chi connectivity index (χ1) is 26.2. The van der Waals surface area contributed by atoms with E-state index in [1.54, 1.807) is 0 Å². The van der Waals surface area contributed by atoms with Crippen LogP contribution in [-0.2, 0) is 0 Å². The molecule has 8 aromatic carbocycles. The van der Waals surface area contributed by atoms with Crippen LogP contribution in [0.25, 0.3) is 111 Å². The molecule has 4 heteroatoms. The molecule has 53 heavy (non-hydrogen) atoms. The van der Waals surface area contributed by atoms with E-state index in [2.05, 4.69) is 103 Å². The Morgan fingerprint density at radius 3 is 1.45 bits per heavy atom. The number of aromatic nitrogens is 3. The van der Waals surface area contributed by atoms with Crippen LogP contribution >= 0.6 is 0 Å². The lowest BCUT2D eigenvalue weighted by atomic mass is 9.89. The van der Waals surface area contributed by atoms with Gasteiger partial charge in [0.1, 0.15) is 11.2 Å². The van der Waals surface area contributed by atoms with E-state index in [0.717, 1.165) is 49.8 Å². The van der Waals surface area contributed by atoms with Gasteiger partial charge in [0.2, 0.25) is 0 Å². The highest BCUT2D eigenvalue weighted by Gasteiger charge is 2.26. The molecule has 0 saturated carbocycles. The molecule has 0 spiro atoms. The third-order valence-electron chi connectivity index (χ3n) is 10.4. The van der Waals surface area contributed by atoms with Crippen LogP contribution in [-0.4, -0.2) is 15.0 Å². The molecule has 0 N–H and O–H groups in total. The summed E-state index contributed by atoms with van der Waals surface area (Å²) < 4.78 is 6.41. The van der Waals surface area contributed by atoms with Crippen molar-refractivity contribution in [3.63, 3.8) is 0 Å². The predicted octanol–water partition coefficient (Wildman–Crippen LogP) is 12.9. The highest BCUT2D eigenvalue weighted by atomic mass is 16.3. The largest absolute Gasteiger partial charge is 0.456 e. The van der Waals surface area contributed by atoms with Crippen molar-refractivity contribution in [1.29, 1.82) is 0 Å². The summed E-state index contributed by atoms with van der Waals surface area (Å²) in [7, 11) is 0. The number of furan rings is 1. The molecule has 0 unspecified atom stereocenters. The molecule has 0 aliphatic heterocycles. The zero-order chi connectivity index (χ0) is 34.9. The van der Waals surface area contributed by atoms with E-state index in [0.29, 0.717) is 17.5 Å². The molecule has 10 aromatic rings. The Kier molecular flexibility index (Phi) is 6.52. The highest BCUT2D eigenvalue weighted by molar-refractivity contribution is 6.19. The van der Waals surface area contributed by atoms with Gasteiger partial charge in [0.05, 0.1) is 0 Å². The van der Waals surface area contributed by atoms with Gasteiger partial charge >= 0.3 is 0 Å². The molecule has 1 aliphatic carbocycles. The third kappa shape index (κ3) is 4.80. The van der Waals surface area contributed by atoms with Crippen LogP contribution in [0, 0.1) is 0 Å². The second-order valence-corrected chi connectivity index (χ2v) is 13.6. The van der Waals surface area contributed by atoms with Crippen molar-refractivity contribution in [3.8, 4) is 78.7 Å². The second-order valence-electron chi connectivity index (χ2n) is 13.6. The van der Waals surface area contributed by atoms with Gasteiger partial charge in [-0.3, -0.25) is 0 Å². The molecule has 0 radical (unpaired) electrons. The van der Waals surface area contributed by atoms with Gasteiger partial charge in [0.25, 0.3) is 0 Å². The topological polar surface area (TPSA) is 51.8 Å². The smallest absolute Gasteiger partial charge is 0.164 e. The Labute approximate surface area is 305 Å². The molecule has 2 heterocycles. The molecule has 0 bridgehead atoms. The van der Waals surface area contributed by atoms with Gasteiger partial charge in [0, 0.05) is 27.5 Å². The standard InChI is InChI=1S/C49H29N3O/c1-4-12-30(13-5-1)39-28-36(29-42-37-20-10-18-31-19-11-21-38(45(31)37)46(39)42)34-22-24-43-40(26-34)41-27-35(23-25-44(41)53-43)49-51-47(32-14-6-2-7-15-32)50-48(52-49)33-16-8-3-9-17-33/h1-29H. The van der Waals surface area contributed by atoms with E-state index in [1.807, 2.05) is 72.8 Å². The molecule has 246 valence electrons. The van der Waals surface area contributed by atoms with E-state index < -0.39 is 0 Å². The molecule has 4 nitrogen and oxygen atoms in total. The lowest BCUT2D eigenvalue weighted by molar-refractivity contribution is 0.669. The van der Waals surface area contributed by atoms with Gasteiger partial charge < -0.3 is 4.42 Å². The number of fused-ring (bicyclic) bond motifs is 6. The van der Waals surface area contributed by atoms with Crippen LogP contribution in [0.2, 0.25) is 0 Å². The molecular formula is C49H29N3O. The Balaban J connectivity index is 1.09. The maximum atomic E-state index is 6.41. The summed E-state index contributed by atoms with van der Waals surface area (Å²) in [5, 5.41) is 4.66. The van der Waals surface area contributed by atoms with Crippen molar-refractivity contribution >= 4 is 32.7 Å².